The first-order chi connectivity index (χ1) is 14.2. The minimum absolute atomic E-state index is 0.0961. The number of aromatic nitrogens is 7. The molecule has 0 bridgehead atoms. The first-order valence-corrected chi connectivity index (χ1v) is 8.95. The normalized spacial score (nSPS) is 11.2. The van der Waals surface area contributed by atoms with E-state index in [2.05, 4.69) is 25.4 Å². The molecule has 2 aromatic carbocycles. The topological polar surface area (TPSA) is 105 Å². The van der Waals surface area contributed by atoms with Crippen LogP contribution in [-0.2, 0) is 6.54 Å². The molecule has 0 fully saturated rings. The molecule has 5 aromatic rings. The summed E-state index contributed by atoms with van der Waals surface area (Å²) in [6.45, 7) is 2.10. The molecule has 0 N–H and O–H groups in total. The van der Waals surface area contributed by atoms with Gasteiger partial charge in [-0.15, -0.1) is 5.10 Å². The van der Waals surface area contributed by atoms with Gasteiger partial charge in [0, 0.05) is 5.56 Å². The number of fused-ring (bicyclic) bond motifs is 1. The van der Waals surface area contributed by atoms with E-state index in [-0.39, 0.29) is 17.6 Å². The van der Waals surface area contributed by atoms with Crippen molar-refractivity contribution in [3.63, 3.8) is 0 Å². The lowest BCUT2D eigenvalue weighted by Gasteiger charge is -2.02. The van der Waals surface area contributed by atoms with Crippen molar-refractivity contribution < 1.29 is 4.52 Å². The van der Waals surface area contributed by atoms with Crippen molar-refractivity contribution in [1.29, 1.82) is 0 Å². The number of hydrogen-bond acceptors (Lipinski definition) is 7. The summed E-state index contributed by atoms with van der Waals surface area (Å²) in [5.41, 5.74) is 3.01. The lowest BCUT2D eigenvalue weighted by atomic mass is 10.1. The predicted octanol–water partition coefficient (Wildman–Crippen LogP) is 2.38. The summed E-state index contributed by atoms with van der Waals surface area (Å²) in [6, 6.07) is 17.2. The van der Waals surface area contributed by atoms with E-state index in [0.29, 0.717) is 17.4 Å². The lowest BCUT2D eigenvalue weighted by molar-refractivity contribution is 0.369. The summed E-state index contributed by atoms with van der Waals surface area (Å²) >= 11 is 0. The van der Waals surface area contributed by atoms with E-state index >= 15 is 0 Å². The van der Waals surface area contributed by atoms with Crippen LogP contribution < -0.4 is 5.56 Å². The summed E-state index contributed by atoms with van der Waals surface area (Å²) in [4.78, 5) is 21.5. The van der Waals surface area contributed by atoms with Gasteiger partial charge in [0.25, 0.3) is 5.56 Å². The Balaban J connectivity index is 1.47. The summed E-state index contributed by atoms with van der Waals surface area (Å²) in [5, 5.41) is 12.1. The maximum absolute atomic E-state index is 12.8. The summed E-state index contributed by atoms with van der Waals surface area (Å²) < 4.78 is 8.21. The van der Waals surface area contributed by atoms with Crippen molar-refractivity contribution in [1.82, 2.24) is 34.7 Å². The van der Waals surface area contributed by atoms with Gasteiger partial charge < -0.3 is 4.52 Å². The third kappa shape index (κ3) is 3.08. The second-order valence-electron chi connectivity index (χ2n) is 6.56. The van der Waals surface area contributed by atoms with Crippen LogP contribution in [0, 0.1) is 6.92 Å². The van der Waals surface area contributed by atoms with Crippen LogP contribution in [0.15, 0.2) is 70.2 Å². The molecule has 9 heteroatoms. The van der Waals surface area contributed by atoms with Gasteiger partial charge in [0.05, 0.1) is 5.69 Å². The maximum atomic E-state index is 12.8. The Morgan fingerprint density at radius 3 is 2.62 bits per heavy atom. The van der Waals surface area contributed by atoms with E-state index < -0.39 is 0 Å². The van der Waals surface area contributed by atoms with Gasteiger partial charge in [-0.25, -0.2) is 4.98 Å². The van der Waals surface area contributed by atoms with Crippen LogP contribution >= 0.6 is 0 Å². The van der Waals surface area contributed by atoms with Crippen molar-refractivity contribution in [3.8, 4) is 17.1 Å². The van der Waals surface area contributed by atoms with E-state index in [4.69, 9.17) is 4.52 Å². The highest BCUT2D eigenvalue weighted by Crippen LogP contribution is 2.17. The molecule has 3 heterocycles. The molecule has 0 aliphatic heterocycles. The van der Waals surface area contributed by atoms with Crippen LogP contribution in [0.25, 0.3) is 28.2 Å². The van der Waals surface area contributed by atoms with Crippen LogP contribution in [-0.4, -0.2) is 34.7 Å². The molecule has 9 nitrogen and oxygen atoms in total. The van der Waals surface area contributed by atoms with Gasteiger partial charge >= 0.3 is 0 Å². The minimum Gasteiger partial charge on any atom is -0.337 e. The Kier molecular flexibility index (Phi) is 3.98. The van der Waals surface area contributed by atoms with E-state index in [1.165, 1.54) is 15.6 Å². The number of hydrogen-bond donors (Lipinski definition) is 0. The zero-order chi connectivity index (χ0) is 19.8. The van der Waals surface area contributed by atoms with Crippen LogP contribution in [0.3, 0.4) is 0 Å². The zero-order valence-corrected chi connectivity index (χ0v) is 15.4. The van der Waals surface area contributed by atoms with Gasteiger partial charge in [-0.1, -0.05) is 58.4 Å². The van der Waals surface area contributed by atoms with Gasteiger partial charge in [0.15, 0.2) is 11.2 Å². The zero-order valence-electron chi connectivity index (χ0n) is 15.4. The average Bonchev–Trinajstić information content (AvgIpc) is 3.39. The second kappa shape index (κ2) is 6.79. The first kappa shape index (κ1) is 17.0. The van der Waals surface area contributed by atoms with Gasteiger partial charge in [-0.2, -0.15) is 9.67 Å². The molecule has 0 amide bonds. The number of benzene rings is 2. The molecule has 0 atom stereocenters. The van der Waals surface area contributed by atoms with Crippen LogP contribution in [0.4, 0.5) is 0 Å². The van der Waals surface area contributed by atoms with Crippen molar-refractivity contribution in [2.24, 2.45) is 0 Å². The largest absolute Gasteiger partial charge is 0.337 e. The summed E-state index contributed by atoms with van der Waals surface area (Å²) in [7, 11) is 0. The molecule has 0 aliphatic carbocycles. The van der Waals surface area contributed by atoms with Crippen molar-refractivity contribution >= 4 is 11.2 Å². The van der Waals surface area contributed by atoms with Gasteiger partial charge in [0.2, 0.25) is 11.7 Å². The molecule has 5 rings (SSSR count). The van der Waals surface area contributed by atoms with E-state index in [0.717, 1.165) is 16.8 Å². The molecule has 0 saturated carbocycles. The maximum Gasteiger partial charge on any atom is 0.284 e. The highest BCUT2D eigenvalue weighted by molar-refractivity contribution is 5.70. The lowest BCUT2D eigenvalue weighted by Crippen LogP contribution is -2.21. The average molecular weight is 385 g/mol. The smallest absolute Gasteiger partial charge is 0.284 e. The minimum atomic E-state index is -0.327. The third-order valence-corrected chi connectivity index (χ3v) is 4.51. The van der Waals surface area contributed by atoms with Gasteiger partial charge in [-0.3, -0.25) is 9.36 Å². The van der Waals surface area contributed by atoms with Crippen molar-refractivity contribution in [3.05, 3.63) is 82.7 Å². The highest BCUT2D eigenvalue weighted by atomic mass is 16.5. The molecule has 0 unspecified atom stereocenters. The molecule has 142 valence electrons. The monoisotopic (exact) mass is 385 g/mol. The summed E-state index contributed by atoms with van der Waals surface area (Å²) in [6.07, 6.45) is 1.43. The molecular formula is C20H15N7O2. The Morgan fingerprint density at radius 2 is 1.83 bits per heavy atom. The van der Waals surface area contributed by atoms with E-state index in [1.54, 1.807) is 0 Å². The first-order valence-electron chi connectivity index (χ1n) is 8.95. The third-order valence-electron chi connectivity index (χ3n) is 4.51. The Hall–Kier alpha value is -4.14. The van der Waals surface area contributed by atoms with E-state index in [1.807, 2.05) is 61.5 Å². The van der Waals surface area contributed by atoms with Crippen LogP contribution in [0.1, 0.15) is 11.5 Å². The number of nitrogens with zero attached hydrogens (tertiary/aromatic N) is 7. The SMILES string of the molecule is Cc1ccc(-c2noc(Cn3cnc4c(nnn4-c4ccccc4)c3=O)n2)cc1. The van der Waals surface area contributed by atoms with Crippen LogP contribution in [0.2, 0.25) is 0 Å². The molecule has 0 saturated heterocycles. The Labute approximate surface area is 164 Å². The molecule has 0 aliphatic rings. The molecule has 29 heavy (non-hydrogen) atoms. The van der Waals surface area contributed by atoms with Crippen molar-refractivity contribution in [2.45, 2.75) is 13.5 Å². The Morgan fingerprint density at radius 1 is 1.03 bits per heavy atom. The van der Waals surface area contributed by atoms with E-state index in [9.17, 15) is 4.79 Å². The summed E-state index contributed by atoms with van der Waals surface area (Å²) in [5.74, 6) is 0.774. The fraction of sp³-hybridized carbons (Fsp3) is 0.100. The fourth-order valence-electron chi connectivity index (χ4n) is 2.98. The molecule has 3 aromatic heterocycles. The number of rotatable bonds is 4. The highest BCUT2D eigenvalue weighted by Gasteiger charge is 2.15. The quantitative estimate of drug-likeness (QED) is 0.468. The Bertz CT molecular complexity index is 1350. The molecular weight excluding hydrogens is 370 g/mol. The molecule has 0 radical (unpaired) electrons. The number of para-hydroxylation sites is 1. The van der Waals surface area contributed by atoms with Crippen molar-refractivity contribution in [2.75, 3.05) is 0 Å². The fourth-order valence-corrected chi connectivity index (χ4v) is 2.98. The second-order valence-corrected chi connectivity index (χ2v) is 6.56. The standard InChI is InChI=1S/C20H15N7O2/c1-13-7-9-14(10-8-13)18-22-16(29-24-18)11-26-12-21-19-17(20(26)28)23-25-27(19)15-5-3-2-4-6-15/h2-10,12H,11H2,1H3. The molecule has 0 spiro atoms. The number of aryl methyl sites for hydroxylation is 1. The van der Waals surface area contributed by atoms with Gasteiger partial charge in [0.1, 0.15) is 12.9 Å². The predicted molar refractivity (Wildman–Crippen MR) is 104 cm³/mol. The van der Waals surface area contributed by atoms with Crippen LogP contribution in [0.5, 0.6) is 0 Å². The van der Waals surface area contributed by atoms with Gasteiger partial charge in [-0.05, 0) is 19.1 Å².